The fraction of sp³-hybridized carbons (Fsp3) is 0.326. The number of nitrogens with zero attached hydrogens (tertiary/aromatic N) is 1. The lowest BCUT2D eigenvalue weighted by atomic mass is 9.83. The topological polar surface area (TPSA) is 217 Å². The second kappa shape index (κ2) is 19.2. The molecule has 1 heterocycles. The third kappa shape index (κ3) is 10.2. The van der Waals surface area contributed by atoms with Crippen LogP contribution in [0.1, 0.15) is 49.8 Å². The van der Waals surface area contributed by atoms with Crippen LogP contribution in [0.5, 0.6) is 11.5 Å². The Morgan fingerprint density at radius 3 is 2.15 bits per heavy atom. The van der Waals surface area contributed by atoms with Gasteiger partial charge in [0.2, 0.25) is 12.2 Å². The Labute approximate surface area is 344 Å². The van der Waals surface area contributed by atoms with E-state index in [9.17, 15) is 34.1 Å². The fourth-order valence-corrected chi connectivity index (χ4v) is 7.04. The molecule has 6 rings (SSSR count). The highest BCUT2D eigenvalue weighted by Crippen LogP contribution is 2.44. The van der Waals surface area contributed by atoms with Gasteiger partial charge in [0, 0.05) is 43.9 Å². The normalized spacial score (nSPS) is 19.1. The molecule has 2 amide bonds. The van der Waals surface area contributed by atoms with Crippen LogP contribution in [0.2, 0.25) is 0 Å². The highest BCUT2D eigenvalue weighted by atomic mass is 16.7. The summed E-state index contributed by atoms with van der Waals surface area (Å²) in [6, 6.07) is 25.1. The third-order valence-corrected chi connectivity index (χ3v) is 10.2. The summed E-state index contributed by atoms with van der Waals surface area (Å²) >= 11 is 0. The Hall–Kier alpha value is -7.01. The number of nitrogens with one attached hydrogen (secondary N) is 2. The molecule has 0 bridgehead atoms. The summed E-state index contributed by atoms with van der Waals surface area (Å²) < 4.78 is 38.7. The van der Waals surface area contributed by atoms with Crippen molar-refractivity contribution < 1.29 is 62.1 Å². The van der Waals surface area contributed by atoms with Crippen molar-refractivity contribution in [3.63, 3.8) is 0 Å². The van der Waals surface area contributed by atoms with Crippen LogP contribution in [-0.4, -0.2) is 73.8 Å². The van der Waals surface area contributed by atoms with E-state index in [1.54, 1.807) is 13.8 Å². The van der Waals surface area contributed by atoms with Crippen LogP contribution in [0.4, 0.5) is 21.0 Å². The Balaban J connectivity index is 1.12. The van der Waals surface area contributed by atoms with Crippen LogP contribution >= 0.6 is 0 Å². The quantitative estimate of drug-likeness (QED) is 0.0447. The van der Waals surface area contributed by atoms with Gasteiger partial charge in [-0.3, -0.25) is 19.7 Å². The predicted molar refractivity (Wildman–Crippen MR) is 212 cm³/mol. The number of ether oxygens (including phenoxy) is 7. The monoisotopic (exact) mass is 825 g/mol. The van der Waals surface area contributed by atoms with Gasteiger partial charge in [-0.25, -0.2) is 14.4 Å². The minimum Gasteiger partial charge on any atom is -0.467 e. The van der Waals surface area contributed by atoms with Crippen molar-refractivity contribution >= 4 is 41.5 Å². The van der Waals surface area contributed by atoms with Crippen molar-refractivity contribution in [2.24, 2.45) is 11.8 Å². The van der Waals surface area contributed by atoms with Gasteiger partial charge in [-0.05, 0) is 58.0 Å². The van der Waals surface area contributed by atoms with Crippen LogP contribution in [0.15, 0.2) is 91.0 Å². The molecule has 0 saturated carbocycles. The van der Waals surface area contributed by atoms with Gasteiger partial charge in [-0.2, -0.15) is 0 Å². The minimum atomic E-state index is -1.33. The molecule has 1 aliphatic heterocycles. The van der Waals surface area contributed by atoms with E-state index >= 15 is 0 Å². The highest BCUT2D eigenvalue weighted by Gasteiger charge is 2.48. The molecular weight excluding hydrogens is 782 g/mol. The van der Waals surface area contributed by atoms with E-state index in [-0.39, 0.29) is 55.0 Å². The molecule has 1 saturated heterocycles. The Morgan fingerprint density at radius 2 is 1.52 bits per heavy atom. The molecular formula is C43H43N3O14. The lowest BCUT2D eigenvalue weighted by molar-refractivity contribution is -0.384. The molecule has 5 atom stereocenters. The molecule has 314 valence electrons. The number of nitro groups is 1. The number of esters is 2. The van der Waals surface area contributed by atoms with Crippen molar-refractivity contribution in [3.05, 3.63) is 118 Å². The van der Waals surface area contributed by atoms with E-state index in [2.05, 4.69) is 10.6 Å². The number of nitro benzene ring substituents is 1. The van der Waals surface area contributed by atoms with Crippen LogP contribution < -0.4 is 20.1 Å². The molecule has 4 aromatic rings. The number of anilines is 1. The third-order valence-electron chi connectivity index (χ3n) is 10.2. The zero-order valence-corrected chi connectivity index (χ0v) is 33.1. The number of carbonyl (C=O) groups excluding carboxylic acids is 5. The summed E-state index contributed by atoms with van der Waals surface area (Å²) in [4.78, 5) is 73.7. The smallest absolute Gasteiger partial charge is 0.467 e. The Kier molecular flexibility index (Phi) is 13.6. The first-order valence-electron chi connectivity index (χ1n) is 19.0. The fourth-order valence-electron chi connectivity index (χ4n) is 7.04. The molecule has 0 radical (unpaired) electrons. The van der Waals surface area contributed by atoms with Gasteiger partial charge in [-0.15, -0.1) is 0 Å². The van der Waals surface area contributed by atoms with Crippen LogP contribution in [0, 0.1) is 22.0 Å². The number of amides is 2. The predicted octanol–water partition coefficient (Wildman–Crippen LogP) is 6.66. The first-order chi connectivity index (χ1) is 28.8. The molecule has 0 spiro atoms. The van der Waals surface area contributed by atoms with Crippen molar-refractivity contribution in [1.29, 1.82) is 0 Å². The second-order valence-electron chi connectivity index (χ2n) is 14.1. The van der Waals surface area contributed by atoms with E-state index < -0.39 is 65.4 Å². The first-order valence-corrected chi connectivity index (χ1v) is 19.0. The Morgan fingerprint density at radius 1 is 0.850 bits per heavy atom. The molecule has 0 aromatic heterocycles. The SMILES string of the molecule is COC(=O)[C@H]1O[C@H](Oc2ccc(COC(=O)Oc3ccc([N+](=O)[O-])cc3)cc2NC(=O)CCNC(=O)OCC2c3ccccc3-c3ccccc32)[C@H](OC(C)=O)[C@@H](C)[C@@H]1C. The molecule has 2 N–H and O–H groups in total. The zero-order valence-electron chi connectivity index (χ0n) is 33.1. The van der Waals surface area contributed by atoms with Crippen LogP contribution in [0.25, 0.3) is 11.1 Å². The summed E-state index contributed by atoms with van der Waals surface area (Å²) in [5.41, 5.74) is 4.54. The maximum atomic E-state index is 13.3. The number of hydrogen-bond donors (Lipinski definition) is 2. The Bertz CT molecular complexity index is 2200. The van der Waals surface area contributed by atoms with Gasteiger partial charge in [0.25, 0.3) is 5.69 Å². The highest BCUT2D eigenvalue weighted by molar-refractivity contribution is 5.92. The van der Waals surface area contributed by atoms with Gasteiger partial charge in [0.1, 0.15) is 24.7 Å². The molecule has 17 heteroatoms. The average Bonchev–Trinajstić information content (AvgIpc) is 3.55. The number of methoxy groups -OCH3 is 1. The summed E-state index contributed by atoms with van der Waals surface area (Å²) in [7, 11) is 1.22. The summed E-state index contributed by atoms with van der Waals surface area (Å²) in [6.45, 7) is 4.41. The van der Waals surface area contributed by atoms with E-state index in [1.165, 1.54) is 56.5 Å². The lowest BCUT2D eigenvalue weighted by Gasteiger charge is -2.42. The summed E-state index contributed by atoms with van der Waals surface area (Å²) in [5, 5.41) is 16.3. The lowest BCUT2D eigenvalue weighted by Crippen LogP contribution is -2.55. The van der Waals surface area contributed by atoms with Crippen molar-refractivity contribution in [2.45, 2.75) is 58.2 Å². The number of carbonyl (C=O) groups is 5. The van der Waals surface area contributed by atoms with E-state index in [4.69, 9.17) is 33.2 Å². The number of hydrogen-bond acceptors (Lipinski definition) is 14. The molecule has 17 nitrogen and oxygen atoms in total. The van der Waals surface area contributed by atoms with Crippen molar-refractivity contribution in [2.75, 3.05) is 25.6 Å². The second-order valence-corrected chi connectivity index (χ2v) is 14.1. The van der Waals surface area contributed by atoms with Crippen LogP contribution in [-0.2, 0) is 44.7 Å². The molecule has 4 aromatic carbocycles. The van der Waals surface area contributed by atoms with E-state index in [1.807, 2.05) is 48.5 Å². The molecule has 1 fully saturated rings. The molecule has 0 unspecified atom stereocenters. The number of alkyl carbamates (subject to hydrolysis) is 1. The zero-order chi connectivity index (χ0) is 42.9. The number of benzene rings is 4. The van der Waals surface area contributed by atoms with Crippen molar-refractivity contribution in [1.82, 2.24) is 5.32 Å². The standard InChI is InChI=1S/C43H43N3O14/c1-24-25(2)39(57-26(3)47)41(60-38(24)40(49)54-4)59-36-18-13-27(22-56-43(51)58-29-16-14-28(15-17-29)46(52)53)21-35(36)45-37(48)19-20-44-42(50)55-23-34-32-11-7-5-9-30(32)31-10-6-8-12-33(31)34/h5-18,21,24-25,34,38-39,41H,19-20,22-23H2,1-4H3,(H,44,50)(H,45,48)/t24-,25-,38-,39+,41-/m0/s1. The summed E-state index contributed by atoms with van der Waals surface area (Å²) in [5.74, 6) is -2.79. The van der Waals surface area contributed by atoms with Gasteiger partial charge in [0.05, 0.1) is 17.7 Å². The molecule has 1 aliphatic carbocycles. The number of non-ortho nitro benzene ring substituents is 1. The van der Waals surface area contributed by atoms with Crippen molar-refractivity contribution in [3.8, 4) is 22.6 Å². The maximum absolute atomic E-state index is 13.3. The maximum Gasteiger partial charge on any atom is 0.514 e. The first kappa shape index (κ1) is 42.6. The minimum absolute atomic E-state index is 0.0117. The largest absolute Gasteiger partial charge is 0.514 e. The van der Waals surface area contributed by atoms with E-state index in [0.717, 1.165) is 22.3 Å². The number of fused-ring (bicyclic) bond motifs is 3. The molecule has 2 aliphatic rings. The van der Waals surface area contributed by atoms with Gasteiger partial charge < -0.3 is 43.8 Å². The van der Waals surface area contributed by atoms with E-state index in [0.29, 0.717) is 5.56 Å². The van der Waals surface area contributed by atoms with Gasteiger partial charge in [0.15, 0.2) is 12.2 Å². The summed E-state index contributed by atoms with van der Waals surface area (Å²) in [6.07, 6.45) is -5.37. The van der Waals surface area contributed by atoms with Gasteiger partial charge >= 0.3 is 24.2 Å². The average molecular weight is 826 g/mol. The van der Waals surface area contributed by atoms with Crippen LogP contribution in [0.3, 0.4) is 0 Å². The molecule has 60 heavy (non-hydrogen) atoms. The number of rotatable bonds is 14. The van der Waals surface area contributed by atoms with Gasteiger partial charge in [-0.1, -0.05) is 68.4 Å².